The molecule has 1 N–H and O–H groups in total. The van der Waals surface area contributed by atoms with E-state index in [0.717, 1.165) is 10.7 Å². The molecule has 0 saturated heterocycles. The molecule has 1 aromatic carbocycles. The van der Waals surface area contributed by atoms with Crippen LogP contribution in [-0.2, 0) is 12.0 Å². The first-order valence-electron chi connectivity index (χ1n) is 6.28. The molecule has 104 valence electrons. The summed E-state index contributed by atoms with van der Waals surface area (Å²) >= 11 is 1.63. The van der Waals surface area contributed by atoms with Gasteiger partial charge < -0.3 is 5.32 Å². The van der Waals surface area contributed by atoms with Crippen LogP contribution in [0.1, 0.15) is 37.0 Å². The Morgan fingerprint density at radius 3 is 2.75 bits per heavy atom. The maximum absolute atomic E-state index is 13.0. The Hall–Kier alpha value is -1.93. The molecule has 5 heteroatoms. The van der Waals surface area contributed by atoms with Crippen LogP contribution in [0.3, 0.4) is 0 Å². The highest BCUT2D eigenvalue weighted by Gasteiger charge is 2.17. The maximum Gasteiger partial charge on any atom is 0.124 e. The van der Waals surface area contributed by atoms with E-state index in [1.54, 1.807) is 17.4 Å². The first-order valence-corrected chi connectivity index (χ1v) is 7.16. The van der Waals surface area contributed by atoms with E-state index in [4.69, 9.17) is 5.26 Å². The van der Waals surface area contributed by atoms with Gasteiger partial charge in [0, 0.05) is 10.8 Å². The lowest BCUT2D eigenvalue weighted by atomic mass is 9.98. The van der Waals surface area contributed by atoms with Crippen molar-refractivity contribution in [1.82, 2.24) is 4.98 Å². The second-order valence-electron chi connectivity index (χ2n) is 5.55. The molecular formula is C15H16FN3S. The first kappa shape index (κ1) is 14.5. The highest BCUT2D eigenvalue weighted by atomic mass is 32.1. The van der Waals surface area contributed by atoms with Crippen LogP contribution in [0.25, 0.3) is 0 Å². The Kier molecular flexibility index (Phi) is 4.05. The molecule has 2 aromatic rings. The molecule has 0 aliphatic rings. The van der Waals surface area contributed by atoms with Crippen molar-refractivity contribution in [3.63, 3.8) is 0 Å². The van der Waals surface area contributed by atoms with Gasteiger partial charge in [-0.05, 0) is 18.2 Å². The standard InChI is InChI=1S/C15H16FN3S/c1-15(2,3)14-19-12(9-20-14)8-18-13-5-4-11(16)6-10(13)7-17/h4-6,9,18H,8H2,1-3H3. The number of nitrogens with one attached hydrogen (secondary N) is 1. The summed E-state index contributed by atoms with van der Waals surface area (Å²) in [6.45, 7) is 6.89. The lowest BCUT2D eigenvalue weighted by Crippen LogP contribution is -2.11. The molecule has 0 bridgehead atoms. The Balaban J connectivity index is 2.10. The van der Waals surface area contributed by atoms with Crippen molar-refractivity contribution in [1.29, 1.82) is 5.26 Å². The van der Waals surface area contributed by atoms with E-state index in [1.165, 1.54) is 12.1 Å². The number of nitrogens with zero attached hydrogens (tertiary/aromatic N) is 2. The molecule has 0 aliphatic carbocycles. The van der Waals surface area contributed by atoms with Crippen LogP contribution in [0, 0.1) is 17.1 Å². The number of nitriles is 1. The predicted molar refractivity (Wildman–Crippen MR) is 79.3 cm³/mol. The molecule has 1 heterocycles. The van der Waals surface area contributed by atoms with Crippen molar-refractivity contribution in [2.24, 2.45) is 0 Å². The van der Waals surface area contributed by atoms with Gasteiger partial charge in [0.15, 0.2) is 0 Å². The van der Waals surface area contributed by atoms with Crippen LogP contribution < -0.4 is 5.32 Å². The number of hydrogen-bond donors (Lipinski definition) is 1. The Labute approximate surface area is 122 Å². The van der Waals surface area contributed by atoms with Crippen molar-refractivity contribution < 1.29 is 4.39 Å². The second-order valence-corrected chi connectivity index (χ2v) is 6.41. The fraction of sp³-hybridized carbons (Fsp3) is 0.333. The molecule has 0 aliphatic heterocycles. The summed E-state index contributed by atoms with van der Waals surface area (Å²) in [5, 5.41) is 15.2. The molecule has 0 unspecified atom stereocenters. The molecule has 0 amide bonds. The fourth-order valence-corrected chi connectivity index (χ4v) is 2.59. The van der Waals surface area contributed by atoms with Crippen LogP contribution >= 0.6 is 11.3 Å². The molecule has 20 heavy (non-hydrogen) atoms. The molecular weight excluding hydrogens is 273 g/mol. The summed E-state index contributed by atoms with van der Waals surface area (Å²) in [4.78, 5) is 4.57. The van der Waals surface area contributed by atoms with E-state index >= 15 is 0 Å². The van der Waals surface area contributed by atoms with E-state index < -0.39 is 5.82 Å². The third-order valence-corrected chi connectivity index (χ3v) is 4.07. The predicted octanol–water partition coefficient (Wildman–Crippen LogP) is 4.06. The quantitative estimate of drug-likeness (QED) is 0.926. The van der Waals surface area contributed by atoms with Crippen molar-refractivity contribution >= 4 is 17.0 Å². The number of anilines is 1. The SMILES string of the molecule is CC(C)(C)c1nc(CNc2ccc(F)cc2C#N)cs1. The fourth-order valence-electron chi connectivity index (χ4n) is 1.68. The average Bonchev–Trinajstić information content (AvgIpc) is 2.86. The van der Waals surface area contributed by atoms with Crippen molar-refractivity contribution in [2.45, 2.75) is 32.7 Å². The zero-order valence-electron chi connectivity index (χ0n) is 11.7. The number of hydrogen-bond acceptors (Lipinski definition) is 4. The van der Waals surface area contributed by atoms with E-state index in [0.29, 0.717) is 17.8 Å². The van der Waals surface area contributed by atoms with E-state index in [2.05, 4.69) is 31.1 Å². The lowest BCUT2D eigenvalue weighted by Gasteiger charge is -2.13. The number of benzene rings is 1. The lowest BCUT2D eigenvalue weighted by molar-refractivity contribution is 0.583. The summed E-state index contributed by atoms with van der Waals surface area (Å²) < 4.78 is 13.0. The monoisotopic (exact) mass is 289 g/mol. The number of aromatic nitrogens is 1. The van der Waals surface area contributed by atoms with Gasteiger partial charge in [0.1, 0.15) is 11.9 Å². The Bertz CT molecular complexity index is 650. The molecule has 2 rings (SSSR count). The summed E-state index contributed by atoms with van der Waals surface area (Å²) in [7, 11) is 0. The van der Waals surface area contributed by atoms with Crippen LogP contribution in [0.4, 0.5) is 10.1 Å². The van der Waals surface area contributed by atoms with E-state index in [1.807, 2.05) is 11.4 Å². The van der Waals surface area contributed by atoms with Crippen molar-refractivity contribution in [2.75, 3.05) is 5.32 Å². The molecule has 3 nitrogen and oxygen atoms in total. The molecule has 0 spiro atoms. The molecule has 0 radical (unpaired) electrons. The smallest absolute Gasteiger partial charge is 0.124 e. The second kappa shape index (κ2) is 5.59. The van der Waals surface area contributed by atoms with Gasteiger partial charge in [-0.3, -0.25) is 0 Å². The molecule has 0 fully saturated rings. The minimum absolute atomic E-state index is 0.0383. The van der Waals surface area contributed by atoms with Crippen LogP contribution in [0.5, 0.6) is 0 Å². The summed E-state index contributed by atoms with van der Waals surface area (Å²) in [5.74, 6) is -0.407. The zero-order chi connectivity index (χ0) is 14.8. The van der Waals surface area contributed by atoms with Gasteiger partial charge in [0.2, 0.25) is 0 Å². The molecule has 0 atom stereocenters. The topological polar surface area (TPSA) is 48.7 Å². The highest BCUT2D eigenvalue weighted by molar-refractivity contribution is 7.09. The van der Waals surface area contributed by atoms with Crippen molar-refractivity contribution in [3.8, 4) is 6.07 Å². The largest absolute Gasteiger partial charge is 0.378 e. The van der Waals surface area contributed by atoms with Gasteiger partial charge in [0.25, 0.3) is 0 Å². The summed E-state index contributed by atoms with van der Waals surface area (Å²) in [6.07, 6.45) is 0. The average molecular weight is 289 g/mol. The van der Waals surface area contributed by atoms with Crippen LogP contribution in [-0.4, -0.2) is 4.98 Å². The van der Waals surface area contributed by atoms with Gasteiger partial charge in [-0.1, -0.05) is 20.8 Å². The van der Waals surface area contributed by atoms with Gasteiger partial charge in [-0.15, -0.1) is 11.3 Å². The zero-order valence-corrected chi connectivity index (χ0v) is 12.5. The third-order valence-electron chi connectivity index (χ3n) is 2.76. The van der Waals surface area contributed by atoms with Crippen molar-refractivity contribution in [3.05, 3.63) is 45.7 Å². The minimum Gasteiger partial charge on any atom is -0.378 e. The number of rotatable bonds is 3. The van der Waals surface area contributed by atoms with Gasteiger partial charge in [-0.2, -0.15) is 5.26 Å². The summed E-state index contributed by atoms with van der Waals surface area (Å²) in [6, 6.07) is 6.12. The number of thiazole rings is 1. The molecule has 1 aromatic heterocycles. The summed E-state index contributed by atoms with van der Waals surface area (Å²) in [5.41, 5.74) is 1.89. The van der Waals surface area contributed by atoms with Gasteiger partial charge in [-0.25, -0.2) is 9.37 Å². The van der Waals surface area contributed by atoms with Crippen LogP contribution in [0.2, 0.25) is 0 Å². The Morgan fingerprint density at radius 1 is 1.40 bits per heavy atom. The Morgan fingerprint density at radius 2 is 2.15 bits per heavy atom. The third kappa shape index (κ3) is 3.34. The minimum atomic E-state index is -0.407. The van der Waals surface area contributed by atoms with E-state index in [9.17, 15) is 4.39 Å². The maximum atomic E-state index is 13.0. The van der Waals surface area contributed by atoms with E-state index in [-0.39, 0.29) is 5.41 Å². The first-order chi connectivity index (χ1) is 9.40. The molecule has 0 saturated carbocycles. The van der Waals surface area contributed by atoms with Crippen LogP contribution in [0.15, 0.2) is 23.6 Å². The normalized spacial score (nSPS) is 11.2. The number of halogens is 1. The van der Waals surface area contributed by atoms with Gasteiger partial charge in [0.05, 0.1) is 28.5 Å². The van der Waals surface area contributed by atoms with Gasteiger partial charge >= 0.3 is 0 Å². The highest BCUT2D eigenvalue weighted by Crippen LogP contribution is 2.26.